The number of nitrogens with one attached hydrogen (secondary N) is 1. The van der Waals surface area contributed by atoms with Gasteiger partial charge in [-0.1, -0.05) is 36.4 Å². The fourth-order valence-corrected chi connectivity index (χ4v) is 3.54. The molecule has 0 radical (unpaired) electrons. The van der Waals surface area contributed by atoms with Crippen molar-refractivity contribution in [2.45, 2.75) is 18.1 Å². The fourth-order valence-electron chi connectivity index (χ4n) is 3.54. The molecule has 26 heavy (non-hydrogen) atoms. The number of hydrogen-bond acceptors (Lipinski definition) is 3. The number of ether oxygens (including phenoxy) is 1. The van der Waals surface area contributed by atoms with Crippen molar-refractivity contribution in [3.8, 4) is 0 Å². The molecular formula is C20H20F2N2O2. The van der Waals surface area contributed by atoms with Crippen LogP contribution in [0.2, 0.25) is 0 Å². The van der Waals surface area contributed by atoms with Crippen LogP contribution in [0.4, 0.5) is 13.6 Å². The van der Waals surface area contributed by atoms with Crippen LogP contribution in [-0.2, 0) is 11.2 Å². The zero-order valence-corrected chi connectivity index (χ0v) is 14.3. The maximum absolute atomic E-state index is 14.1. The number of fused-ring (bicyclic) bond motifs is 1. The largest absolute Gasteiger partial charge is 0.446 e. The maximum atomic E-state index is 14.1. The second-order valence-electron chi connectivity index (χ2n) is 6.91. The Morgan fingerprint density at radius 2 is 1.92 bits per heavy atom. The van der Waals surface area contributed by atoms with Gasteiger partial charge in [-0.05, 0) is 35.2 Å². The molecule has 0 saturated carbocycles. The zero-order valence-electron chi connectivity index (χ0n) is 14.3. The zero-order chi connectivity index (χ0) is 18.1. The van der Waals surface area contributed by atoms with Gasteiger partial charge < -0.3 is 10.1 Å². The second kappa shape index (κ2) is 6.68. The topological polar surface area (TPSA) is 41.6 Å². The molecule has 0 aliphatic carbocycles. The Morgan fingerprint density at radius 3 is 2.62 bits per heavy atom. The van der Waals surface area contributed by atoms with Crippen molar-refractivity contribution in [3.05, 3.63) is 71.0 Å². The van der Waals surface area contributed by atoms with Gasteiger partial charge in [-0.2, -0.15) is 0 Å². The number of carbonyl (C=O) groups is 1. The molecule has 2 aliphatic heterocycles. The van der Waals surface area contributed by atoms with E-state index in [0.29, 0.717) is 13.0 Å². The van der Waals surface area contributed by atoms with Crippen molar-refractivity contribution in [1.29, 1.82) is 0 Å². The van der Waals surface area contributed by atoms with Crippen molar-refractivity contribution >= 4 is 6.09 Å². The first-order valence-electron chi connectivity index (χ1n) is 8.72. The molecule has 2 aromatic carbocycles. The SMILES string of the molecule is O=C(OCC1(F)CNC1)N1CCc2ccccc2[C@@H]1c1ccc(F)cc1. The molecule has 0 aromatic heterocycles. The summed E-state index contributed by atoms with van der Waals surface area (Å²) in [5.41, 5.74) is 1.46. The van der Waals surface area contributed by atoms with Crippen molar-refractivity contribution < 1.29 is 18.3 Å². The van der Waals surface area contributed by atoms with Crippen LogP contribution in [0.15, 0.2) is 48.5 Å². The Bertz CT molecular complexity index is 806. The minimum atomic E-state index is -1.48. The maximum Gasteiger partial charge on any atom is 0.410 e. The average molecular weight is 358 g/mol. The fraction of sp³-hybridized carbons (Fsp3) is 0.350. The third-order valence-electron chi connectivity index (χ3n) is 5.04. The molecule has 4 rings (SSSR count). The molecule has 4 nitrogen and oxygen atoms in total. The molecule has 2 aromatic rings. The second-order valence-corrected chi connectivity index (χ2v) is 6.91. The third kappa shape index (κ3) is 3.17. The van der Waals surface area contributed by atoms with Crippen molar-refractivity contribution in [2.24, 2.45) is 0 Å². The predicted octanol–water partition coefficient (Wildman–Crippen LogP) is 3.22. The summed E-state index contributed by atoms with van der Waals surface area (Å²) in [7, 11) is 0. The number of nitrogens with zero attached hydrogens (tertiary/aromatic N) is 1. The van der Waals surface area contributed by atoms with E-state index in [1.165, 1.54) is 12.1 Å². The number of benzene rings is 2. The molecule has 1 amide bonds. The van der Waals surface area contributed by atoms with Crippen LogP contribution >= 0.6 is 0 Å². The van der Waals surface area contributed by atoms with E-state index < -0.39 is 11.8 Å². The number of halogens is 2. The first-order chi connectivity index (χ1) is 12.6. The van der Waals surface area contributed by atoms with Gasteiger partial charge in [0.05, 0.1) is 6.04 Å². The summed E-state index contributed by atoms with van der Waals surface area (Å²) in [4.78, 5) is 14.3. The molecule has 1 atom stereocenters. The molecule has 0 unspecified atom stereocenters. The van der Waals surface area contributed by atoms with Gasteiger partial charge in [0, 0.05) is 19.6 Å². The van der Waals surface area contributed by atoms with E-state index in [0.717, 1.165) is 16.7 Å². The predicted molar refractivity (Wildman–Crippen MR) is 93.2 cm³/mol. The molecule has 136 valence electrons. The van der Waals surface area contributed by atoms with Crippen LogP contribution in [0, 0.1) is 5.82 Å². The van der Waals surface area contributed by atoms with E-state index in [1.807, 2.05) is 24.3 Å². The highest BCUT2D eigenvalue weighted by molar-refractivity contribution is 5.70. The molecular weight excluding hydrogens is 338 g/mol. The first-order valence-corrected chi connectivity index (χ1v) is 8.72. The lowest BCUT2D eigenvalue weighted by Gasteiger charge is -2.39. The van der Waals surface area contributed by atoms with E-state index in [-0.39, 0.29) is 31.6 Å². The number of amides is 1. The molecule has 1 N–H and O–H groups in total. The summed E-state index contributed by atoms with van der Waals surface area (Å²) >= 11 is 0. The smallest absolute Gasteiger partial charge is 0.410 e. The van der Waals surface area contributed by atoms with Crippen LogP contribution < -0.4 is 5.32 Å². The Balaban J connectivity index is 1.62. The van der Waals surface area contributed by atoms with Gasteiger partial charge in [-0.3, -0.25) is 4.90 Å². The van der Waals surface area contributed by atoms with E-state index >= 15 is 0 Å². The molecule has 2 heterocycles. The molecule has 0 spiro atoms. The summed E-state index contributed by atoms with van der Waals surface area (Å²) in [5, 5.41) is 2.84. The molecule has 6 heteroatoms. The highest BCUT2D eigenvalue weighted by Crippen LogP contribution is 2.35. The average Bonchev–Trinajstić information content (AvgIpc) is 2.64. The van der Waals surface area contributed by atoms with E-state index in [2.05, 4.69) is 5.32 Å². The number of rotatable bonds is 3. The lowest BCUT2D eigenvalue weighted by molar-refractivity contribution is -0.00319. The highest BCUT2D eigenvalue weighted by Gasteiger charge is 2.40. The molecule has 1 saturated heterocycles. The lowest BCUT2D eigenvalue weighted by atomic mass is 9.88. The van der Waals surface area contributed by atoms with Gasteiger partial charge >= 0.3 is 6.09 Å². The van der Waals surface area contributed by atoms with Gasteiger partial charge in [0.1, 0.15) is 12.4 Å². The van der Waals surface area contributed by atoms with Crippen molar-refractivity contribution in [2.75, 3.05) is 26.2 Å². The van der Waals surface area contributed by atoms with Gasteiger partial charge in [0.15, 0.2) is 5.67 Å². The molecule has 2 aliphatic rings. The number of carbonyl (C=O) groups excluding carboxylic acids is 1. The summed E-state index contributed by atoms with van der Waals surface area (Å²) in [6.45, 7) is 0.609. The summed E-state index contributed by atoms with van der Waals surface area (Å²) in [6.07, 6.45) is 0.156. The molecule has 1 fully saturated rings. The molecule has 0 bridgehead atoms. The number of alkyl halides is 1. The highest BCUT2D eigenvalue weighted by atomic mass is 19.1. The van der Waals surface area contributed by atoms with Crippen LogP contribution in [0.3, 0.4) is 0 Å². The summed E-state index contributed by atoms with van der Waals surface area (Å²) < 4.78 is 32.8. The summed E-state index contributed by atoms with van der Waals surface area (Å²) in [6, 6.07) is 13.6. The minimum Gasteiger partial charge on any atom is -0.446 e. The van der Waals surface area contributed by atoms with E-state index in [4.69, 9.17) is 4.74 Å². The number of hydrogen-bond donors (Lipinski definition) is 1. The summed E-state index contributed by atoms with van der Waals surface area (Å²) in [5.74, 6) is -0.330. The lowest BCUT2D eigenvalue weighted by Crippen LogP contribution is -2.59. The van der Waals surface area contributed by atoms with Crippen molar-refractivity contribution in [3.63, 3.8) is 0 Å². The Labute approximate surface area is 150 Å². The monoisotopic (exact) mass is 358 g/mol. The van der Waals surface area contributed by atoms with Crippen LogP contribution in [0.25, 0.3) is 0 Å². The Morgan fingerprint density at radius 1 is 1.19 bits per heavy atom. The van der Waals surface area contributed by atoms with Gasteiger partial charge in [0.2, 0.25) is 0 Å². The quantitative estimate of drug-likeness (QED) is 0.916. The van der Waals surface area contributed by atoms with Gasteiger partial charge in [0.25, 0.3) is 0 Å². The Hall–Kier alpha value is -2.47. The van der Waals surface area contributed by atoms with Gasteiger partial charge in [-0.25, -0.2) is 13.6 Å². The van der Waals surface area contributed by atoms with Crippen LogP contribution in [0.5, 0.6) is 0 Å². The van der Waals surface area contributed by atoms with Crippen LogP contribution in [0.1, 0.15) is 22.7 Å². The van der Waals surface area contributed by atoms with Crippen LogP contribution in [-0.4, -0.2) is 42.9 Å². The standard InChI is InChI=1S/C20H20F2N2O2/c21-16-7-5-15(6-8-16)18-17-4-2-1-3-14(17)9-10-24(18)19(25)26-13-20(22)11-23-12-20/h1-8,18,23H,9-13H2/t18-/m0/s1. The third-order valence-corrected chi connectivity index (χ3v) is 5.04. The van der Waals surface area contributed by atoms with Crippen molar-refractivity contribution in [1.82, 2.24) is 10.2 Å². The normalized spacial score (nSPS) is 20.8. The first kappa shape index (κ1) is 17.0. The Kier molecular flexibility index (Phi) is 4.36. The minimum absolute atomic E-state index is 0.199. The van der Waals surface area contributed by atoms with E-state index in [9.17, 15) is 13.6 Å². The van der Waals surface area contributed by atoms with E-state index in [1.54, 1.807) is 17.0 Å². The van der Waals surface area contributed by atoms with Gasteiger partial charge in [-0.15, -0.1) is 0 Å².